The first-order chi connectivity index (χ1) is 13.9. The Morgan fingerprint density at radius 3 is 2.86 bits per heavy atom. The Kier molecular flexibility index (Phi) is 7.10. The molecule has 2 heterocycles. The van der Waals surface area contributed by atoms with E-state index in [0.717, 1.165) is 17.8 Å². The Balaban J connectivity index is 1.65. The molecule has 1 fully saturated rings. The number of carbonyl (C=O) groups excluding carboxylic acids is 3. The van der Waals surface area contributed by atoms with Crippen molar-refractivity contribution in [1.82, 2.24) is 9.88 Å². The van der Waals surface area contributed by atoms with Crippen molar-refractivity contribution in [1.29, 1.82) is 0 Å². The third-order valence-electron chi connectivity index (χ3n) is 4.45. The number of rotatable bonds is 5. The molecule has 0 radical (unpaired) electrons. The molecule has 2 aromatic rings. The minimum Gasteiger partial charge on any atom is -0.466 e. The van der Waals surface area contributed by atoms with Crippen molar-refractivity contribution in [3.8, 4) is 0 Å². The standard InChI is InChI=1S/C19H19Cl2N3O4S/c1-2-28-18(27)11-4-3-7-24(9-11)17(26)15-10-29-19(22-15)23-16(25)13-6-5-12(20)8-14(13)21/h5-6,8,10-11H,2-4,7,9H2,1H3,(H,22,23,25)/t11-/m1/s1. The normalized spacial score (nSPS) is 16.4. The van der Waals surface area contributed by atoms with Crippen molar-refractivity contribution in [2.45, 2.75) is 19.8 Å². The number of nitrogens with zero attached hydrogens (tertiary/aromatic N) is 2. The van der Waals surface area contributed by atoms with Crippen LogP contribution < -0.4 is 5.32 Å². The summed E-state index contributed by atoms with van der Waals surface area (Å²) in [6.07, 6.45) is 1.42. The number of piperidine rings is 1. The number of ether oxygens (including phenoxy) is 1. The lowest BCUT2D eigenvalue weighted by atomic mass is 9.98. The Morgan fingerprint density at radius 1 is 1.34 bits per heavy atom. The molecule has 7 nitrogen and oxygen atoms in total. The molecule has 0 aliphatic carbocycles. The van der Waals surface area contributed by atoms with Gasteiger partial charge < -0.3 is 9.64 Å². The SMILES string of the molecule is CCOC(=O)[C@@H]1CCCN(C(=O)c2csc(NC(=O)c3ccc(Cl)cc3Cl)n2)C1. The number of thiazole rings is 1. The third-order valence-corrected chi connectivity index (χ3v) is 5.75. The molecule has 2 amide bonds. The lowest BCUT2D eigenvalue weighted by molar-refractivity contribution is -0.149. The third kappa shape index (κ3) is 5.26. The van der Waals surface area contributed by atoms with Crippen molar-refractivity contribution in [3.05, 3.63) is 44.9 Å². The van der Waals surface area contributed by atoms with Crippen LogP contribution in [0.4, 0.5) is 5.13 Å². The fourth-order valence-corrected chi connectivity index (χ4v) is 4.22. The maximum Gasteiger partial charge on any atom is 0.310 e. The van der Waals surface area contributed by atoms with Crippen molar-refractivity contribution in [2.24, 2.45) is 5.92 Å². The van der Waals surface area contributed by atoms with E-state index < -0.39 is 5.91 Å². The average Bonchev–Trinajstić information content (AvgIpc) is 3.16. The van der Waals surface area contributed by atoms with E-state index >= 15 is 0 Å². The van der Waals surface area contributed by atoms with Gasteiger partial charge in [-0.15, -0.1) is 11.3 Å². The summed E-state index contributed by atoms with van der Waals surface area (Å²) in [5, 5.41) is 5.15. The number of amides is 2. The quantitative estimate of drug-likeness (QED) is 0.684. The Morgan fingerprint density at radius 2 is 2.14 bits per heavy atom. The molecule has 0 saturated carbocycles. The van der Waals surface area contributed by atoms with Gasteiger partial charge in [0.05, 0.1) is 23.1 Å². The van der Waals surface area contributed by atoms with Crippen LogP contribution in [0.2, 0.25) is 10.0 Å². The first kappa shape index (κ1) is 21.5. The van der Waals surface area contributed by atoms with Crippen molar-refractivity contribution in [3.63, 3.8) is 0 Å². The van der Waals surface area contributed by atoms with Crippen LogP contribution in [0.25, 0.3) is 0 Å². The number of benzene rings is 1. The molecule has 1 aliphatic heterocycles. The molecule has 1 aromatic carbocycles. The number of aromatic nitrogens is 1. The van der Waals surface area contributed by atoms with Crippen LogP contribution in [0.5, 0.6) is 0 Å². The van der Waals surface area contributed by atoms with E-state index in [2.05, 4.69) is 10.3 Å². The zero-order chi connectivity index (χ0) is 21.0. The van der Waals surface area contributed by atoms with Crippen molar-refractivity contribution < 1.29 is 19.1 Å². The highest BCUT2D eigenvalue weighted by Crippen LogP contribution is 2.25. The fraction of sp³-hybridized carbons (Fsp3) is 0.368. The van der Waals surface area contributed by atoms with Gasteiger partial charge in [0.2, 0.25) is 0 Å². The van der Waals surface area contributed by atoms with Crippen LogP contribution in [-0.4, -0.2) is 47.4 Å². The van der Waals surface area contributed by atoms with E-state index in [1.165, 1.54) is 12.1 Å². The summed E-state index contributed by atoms with van der Waals surface area (Å²) in [5.41, 5.74) is 0.476. The van der Waals surface area contributed by atoms with Gasteiger partial charge in [-0.1, -0.05) is 23.2 Å². The number of nitrogens with one attached hydrogen (secondary N) is 1. The molecule has 1 aliphatic rings. The molecule has 10 heteroatoms. The summed E-state index contributed by atoms with van der Waals surface area (Å²) in [6.45, 7) is 2.92. The Hall–Kier alpha value is -2.16. The number of esters is 1. The monoisotopic (exact) mass is 455 g/mol. The van der Waals surface area contributed by atoms with Gasteiger partial charge in [-0.2, -0.15) is 0 Å². The molecule has 0 spiro atoms. The first-order valence-electron chi connectivity index (χ1n) is 9.07. The number of anilines is 1. The van der Waals surface area contributed by atoms with Crippen LogP contribution in [0, 0.1) is 5.92 Å². The molecular weight excluding hydrogens is 437 g/mol. The largest absolute Gasteiger partial charge is 0.466 e. The molecule has 0 unspecified atom stereocenters. The van der Waals surface area contributed by atoms with Gasteiger partial charge in [0, 0.05) is 23.5 Å². The summed E-state index contributed by atoms with van der Waals surface area (Å²) in [7, 11) is 0. The van der Waals surface area contributed by atoms with E-state index in [1.54, 1.807) is 23.3 Å². The van der Waals surface area contributed by atoms with Crippen LogP contribution in [0.3, 0.4) is 0 Å². The molecule has 154 valence electrons. The number of hydrogen-bond donors (Lipinski definition) is 1. The highest BCUT2D eigenvalue weighted by molar-refractivity contribution is 7.14. The minimum absolute atomic E-state index is 0.219. The van der Waals surface area contributed by atoms with E-state index in [9.17, 15) is 14.4 Å². The van der Waals surface area contributed by atoms with E-state index in [4.69, 9.17) is 27.9 Å². The highest BCUT2D eigenvalue weighted by Gasteiger charge is 2.30. The van der Waals surface area contributed by atoms with Crippen LogP contribution in [0.15, 0.2) is 23.6 Å². The smallest absolute Gasteiger partial charge is 0.310 e. The first-order valence-corrected chi connectivity index (χ1v) is 10.7. The van der Waals surface area contributed by atoms with Crippen LogP contribution in [0.1, 0.15) is 40.6 Å². The zero-order valence-corrected chi connectivity index (χ0v) is 17.9. The van der Waals surface area contributed by atoms with Gasteiger partial charge in [0.1, 0.15) is 5.69 Å². The van der Waals surface area contributed by atoms with Gasteiger partial charge in [-0.25, -0.2) is 4.98 Å². The predicted molar refractivity (Wildman–Crippen MR) is 112 cm³/mol. The topological polar surface area (TPSA) is 88.6 Å². The summed E-state index contributed by atoms with van der Waals surface area (Å²) in [6, 6.07) is 4.56. The van der Waals surface area contributed by atoms with E-state index in [-0.39, 0.29) is 39.2 Å². The van der Waals surface area contributed by atoms with E-state index in [1.807, 2.05) is 0 Å². The van der Waals surface area contributed by atoms with Crippen molar-refractivity contribution >= 4 is 57.5 Å². The Labute approximate surface area is 182 Å². The van der Waals surface area contributed by atoms with E-state index in [0.29, 0.717) is 31.1 Å². The van der Waals surface area contributed by atoms with Gasteiger partial charge in [-0.3, -0.25) is 19.7 Å². The Bertz CT molecular complexity index is 934. The zero-order valence-electron chi connectivity index (χ0n) is 15.6. The summed E-state index contributed by atoms with van der Waals surface area (Å²) in [5.74, 6) is -1.32. The van der Waals surface area contributed by atoms with Gasteiger partial charge in [0.15, 0.2) is 5.13 Å². The lowest BCUT2D eigenvalue weighted by Crippen LogP contribution is -2.43. The fourth-order valence-electron chi connectivity index (χ4n) is 3.04. The second-order valence-electron chi connectivity index (χ2n) is 6.46. The average molecular weight is 456 g/mol. The van der Waals surface area contributed by atoms with Crippen LogP contribution >= 0.6 is 34.5 Å². The minimum atomic E-state index is -0.444. The maximum atomic E-state index is 12.8. The molecule has 1 saturated heterocycles. The summed E-state index contributed by atoms with van der Waals surface area (Å²) >= 11 is 13.0. The van der Waals surface area contributed by atoms with Gasteiger partial charge >= 0.3 is 5.97 Å². The highest BCUT2D eigenvalue weighted by atomic mass is 35.5. The molecular formula is C19H19Cl2N3O4S. The molecule has 1 aromatic heterocycles. The molecule has 1 N–H and O–H groups in total. The summed E-state index contributed by atoms with van der Waals surface area (Å²) < 4.78 is 5.07. The second-order valence-corrected chi connectivity index (χ2v) is 8.16. The molecule has 0 bridgehead atoms. The maximum absolute atomic E-state index is 12.8. The van der Waals surface area contributed by atoms with Gasteiger partial charge in [-0.05, 0) is 38.0 Å². The number of halogens is 2. The molecule has 3 rings (SSSR count). The second kappa shape index (κ2) is 9.56. The number of likely N-dealkylation sites (tertiary alicyclic amines) is 1. The number of hydrogen-bond acceptors (Lipinski definition) is 6. The summed E-state index contributed by atoms with van der Waals surface area (Å²) in [4.78, 5) is 42.9. The lowest BCUT2D eigenvalue weighted by Gasteiger charge is -2.31. The van der Waals surface area contributed by atoms with Crippen LogP contribution in [-0.2, 0) is 9.53 Å². The molecule has 29 heavy (non-hydrogen) atoms. The predicted octanol–water partition coefficient (Wildman–Crippen LogP) is 4.12. The van der Waals surface area contributed by atoms with Crippen molar-refractivity contribution in [2.75, 3.05) is 25.0 Å². The molecule has 1 atom stereocenters. The van der Waals surface area contributed by atoms with Gasteiger partial charge in [0.25, 0.3) is 11.8 Å². The number of carbonyl (C=O) groups is 3.